The second-order valence-electron chi connectivity index (χ2n) is 3.12. The van der Waals surface area contributed by atoms with Crippen molar-refractivity contribution in [1.29, 1.82) is 0 Å². The van der Waals surface area contributed by atoms with Crippen LogP contribution in [-0.2, 0) is 0 Å². The fraction of sp³-hybridized carbons (Fsp3) is 0.500. The molecule has 1 aromatic heterocycles. The number of imidazole rings is 1. The third-order valence-corrected chi connectivity index (χ3v) is 2.15. The van der Waals surface area contributed by atoms with E-state index in [-0.39, 0.29) is 5.69 Å². The average molecular weight is 181 g/mol. The van der Waals surface area contributed by atoms with E-state index in [4.69, 9.17) is 5.11 Å². The van der Waals surface area contributed by atoms with Gasteiger partial charge in [0.2, 0.25) is 5.95 Å². The van der Waals surface area contributed by atoms with Crippen LogP contribution < -0.4 is 5.32 Å². The van der Waals surface area contributed by atoms with Gasteiger partial charge in [-0.2, -0.15) is 0 Å². The smallest absolute Gasteiger partial charge is 0.354 e. The number of hydrogen-bond donors (Lipinski definition) is 2. The molecule has 70 valence electrons. The lowest BCUT2D eigenvalue weighted by atomic mass is 10.4. The summed E-state index contributed by atoms with van der Waals surface area (Å²) in [5.41, 5.74) is 0.270. The van der Waals surface area contributed by atoms with E-state index < -0.39 is 5.97 Å². The third kappa shape index (κ3) is 1.26. The van der Waals surface area contributed by atoms with Crippen molar-refractivity contribution in [2.24, 2.45) is 0 Å². The van der Waals surface area contributed by atoms with Crippen LogP contribution in [0.2, 0.25) is 0 Å². The normalized spacial score (nSPS) is 15.8. The minimum atomic E-state index is -0.916. The molecule has 0 bridgehead atoms. The second kappa shape index (κ2) is 2.76. The van der Waals surface area contributed by atoms with Crippen molar-refractivity contribution in [3.8, 4) is 0 Å². The van der Waals surface area contributed by atoms with Crippen LogP contribution in [0.15, 0.2) is 6.20 Å². The topological polar surface area (TPSA) is 67.2 Å². The van der Waals surface area contributed by atoms with Gasteiger partial charge in [0.25, 0.3) is 0 Å². The Morgan fingerprint density at radius 2 is 2.46 bits per heavy atom. The molecule has 0 amide bonds. The first-order valence-corrected chi connectivity index (χ1v) is 4.22. The maximum Gasteiger partial charge on any atom is 0.354 e. The van der Waals surface area contributed by atoms with Crippen LogP contribution >= 0.6 is 0 Å². The van der Waals surface area contributed by atoms with Crippen LogP contribution in [-0.4, -0.2) is 27.7 Å². The monoisotopic (exact) mass is 181 g/mol. The third-order valence-electron chi connectivity index (χ3n) is 2.15. The number of carboxylic acid groups (broad SMARTS) is 1. The van der Waals surface area contributed by atoms with Gasteiger partial charge in [-0.3, -0.25) is 0 Å². The maximum atomic E-state index is 10.8. The Balaban J connectivity index is 2.44. The van der Waals surface area contributed by atoms with Crippen molar-refractivity contribution >= 4 is 11.9 Å². The van der Waals surface area contributed by atoms with Crippen molar-refractivity contribution in [1.82, 2.24) is 9.55 Å². The first-order valence-electron chi connectivity index (χ1n) is 4.22. The number of aromatic nitrogens is 2. The van der Waals surface area contributed by atoms with Crippen molar-refractivity contribution in [2.75, 3.05) is 12.4 Å². The van der Waals surface area contributed by atoms with Gasteiger partial charge in [0, 0.05) is 13.1 Å². The quantitative estimate of drug-likeness (QED) is 0.728. The second-order valence-corrected chi connectivity index (χ2v) is 3.12. The van der Waals surface area contributed by atoms with Gasteiger partial charge in [-0.05, 0) is 12.8 Å². The molecular formula is C8H11N3O2. The van der Waals surface area contributed by atoms with E-state index >= 15 is 0 Å². The molecule has 5 heteroatoms. The average Bonchev–Trinajstić information content (AvgIpc) is 2.84. The summed E-state index contributed by atoms with van der Waals surface area (Å²) in [6.07, 6.45) is 3.49. The highest BCUT2D eigenvalue weighted by Gasteiger charge is 2.30. The molecule has 1 aromatic rings. The lowest BCUT2D eigenvalue weighted by Gasteiger charge is -2.06. The number of aromatic carboxylic acids is 1. The predicted octanol–water partition coefficient (Wildman–Crippen LogP) is 0.958. The summed E-state index contributed by atoms with van der Waals surface area (Å²) in [5, 5.41) is 11.7. The maximum absolute atomic E-state index is 10.8. The number of nitrogens with one attached hydrogen (secondary N) is 1. The molecular weight excluding hydrogens is 170 g/mol. The number of nitrogens with zero attached hydrogens (tertiary/aromatic N) is 2. The van der Waals surface area contributed by atoms with Crippen LogP contribution in [0, 0.1) is 0 Å². The Labute approximate surface area is 75.4 Å². The Kier molecular flexibility index (Phi) is 1.72. The van der Waals surface area contributed by atoms with Gasteiger partial charge in [-0.15, -0.1) is 0 Å². The molecule has 0 aromatic carbocycles. The molecule has 0 unspecified atom stereocenters. The van der Waals surface area contributed by atoms with Crippen LogP contribution in [0.25, 0.3) is 0 Å². The highest BCUT2D eigenvalue weighted by Crippen LogP contribution is 2.38. The van der Waals surface area contributed by atoms with Gasteiger partial charge in [0.1, 0.15) is 5.69 Å². The molecule has 2 N–H and O–H groups in total. The molecule has 1 fully saturated rings. The lowest BCUT2D eigenvalue weighted by Crippen LogP contribution is -2.09. The largest absolute Gasteiger partial charge is 0.477 e. The van der Waals surface area contributed by atoms with E-state index in [1.165, 1.54) is 6.20 Å². The van der Waals surface area contributed by atoms with Crippen molar-refractivity contribution in [3.63, 3.8) is 0 Å². The summed E-state index contributed by atoms with van der Waals surface area (Å²) in [6, 6.07) is 0.330. The molecule has 13 heavy (non-hydrogen) atoms. The van der Waals surface area contributed by atoms with E-state index in [9.17, 15) is 4.79 Å². The molecule has 0 atom stereocenters. The summed E-state index contributed by atoms with van der Waals surface area (Å²) in [7, 11) is 1.74. The molecule has 1 saturated carbocycles. The number of hydrogen-bond acceptors (Lipinski definition) is 3. The van der Waals surface area contributed by atoms with Crippen LogP contribution in [0.5, 0.6) is 0 Å². The molecule has 5 nitrogen and oxygen atoms in total. The molecule has 2 rings (SSSR count). The number of anilines is 1. The summed E-state index contributed by atoms with van der Waals surface area (Å²) < 4.78 is 1.75. The Morgan fingerprint density at radius 1 is 1.77 bits per heavy atom. The highest BCUT2D eigenvalue weighted by molar-refractivity contribution is 5.86. The van der Waals surface area contributed by atoms with E-state index in [1.54, 1.807) is 11.6 Å². The van der Waals surface area contributed by atoms with Crippen LogP contribution in [0.4, 0.5) is 5.95 Å². The number of carbonyl (C=O) groups is 1. The first kappa shape index (κ1) is 8.10. The molecule has 0 spiro atoms. The fourth-order valence-electron chi connectivity index (χ4n) is 1.41. The van der Waals surface area contributed by atoms with Crippen molar-refractivity contribution in [3.05, 3.63) is 11.9 Å². The van der Waals surface area contributed by atoms with E-state index in [2.05, 4.69) is 10.3 Å². The predicted molar refractivity (Wildman–Crippen MR) is 47.0 cm³/mol. The van der Waals surface area contributed by atoms with Gasteiger partial charge in [0.05, 0.1) is 6.20 Å². The fourth-order valence-corrected chi connectivity index (χ4v) is 1.41. The Hall–Kier alpha value is -1.52. The van der Waals surface area contributed by atoms with Gasteiger partial charge in [-0.25, -0.2) is 9.78 Å². The summed E-state index contributed by atoms with van der Waals surface area (Å²) in [4.78, 5) is 14.8. The first-order chi connectivity index (χ1) is 6.24. The minimum Gasteiger partial charge on any atom is -0.477 e. The molecule has 0 radical (unpaired) electrons. The molecule has 0 aliphatic heterocycles. The zero-order valence-electron chi connectivity index (χ0n) is 7.32. The van der Waals surface area contributed by atoms with Gasteiger partial charge < -0.3 is 15.0 Å². The molecule has 1 aliphatic carbocycles. The SMILES string of the molecule is CNc1ncc(C(=O)O)n1C1CC1. The molecule has 0 saturated heterocycles. The zero-order chi connectivity index (χ0) is 9.42. The van der Waals surface area contributed by atoms with Crippen molar-refractivity contribution in [2.45, 2.75) is 18.9 Å². The number of carboxylic acids is 1. The van der Waals surface area contributed by atoms with Crippen molar-refractivity contribution < 1.29 is 9.90 Å². The van der Waals surface area contributed by atoms with Gasteiger partial charge in [-0.1, -0.05) is 0 Å². The Bertz CT molecular complexity index is 341. The van der Waals surface area contributed by atoms with E-state index in [1.807, 2.05) is 0 Å². The van der Waals surface area contributed by atoms with Gasteiger partial charge >= 0.3 is 5.97 Å². The minimum absolute atomic E-state index is 0.270. The van der Waals surface area contributed by atoms with Crippen LogP contribution in [0.1, 0.15) is 29.4 Å². The Morgan fingerprint density at radius 3 is 2.92 bits per heavy atom. The van der Waals surface area contributed by atoms with Gasteiger partial charge in [0.15, 0.2) is 0 Å². The number of rotatable bonds is 3. The molecule has 1 aliphatic rings. The lowest BCUT2D eigenvalue weighted by molar-refractivity contribution is 0.0685. The van der Waals surface area contributed by atoms with Crippen LogP contribution in [0.3, 0.4) is 0 Å². The summed E-state index contributed by atoms with van der Waals surface area (Å²) in [6.45, 7) is 0. The summed E-state index contributed by atoms with van der Waals surface area (Å²) >= 11 is 0. The zero-order valence-corrected chi connectivity index (χ0v) is 7.32. The molecule has 1 heterocycles. The standard InChI is InChI=1S/C8H11N3O2/c1-9-8-10-4-6(7(12)13)11(8)5-2-3-5/h4-5H,2-3H2,1H3,(H,9,10)(H,12,13). The van der Waals surface area contributed by atoms with E-state index in [0.717, 1.165) is 12.8 Å². The highest BCUT2D eigenvalue weighted by atomic mass is 16.4. The summed E-state index contributed by atoms with van der Waals surface area (Å²) in [5.74, 6) is -0.277. The van der Waals surface area contributed by atoms with E-state index in [0.29, 0.717) is 12.0 Å².